The number of rotatable bonds is 6. The number of thiocyanates is 1. The molecule has 8 unspecified atom stereocenters. The summed E-state index contributed by atoms with van der Waals surface area (Å²) < 4.78 is 0. The molecule has 1 amide bonds. The lowest BCUT2D eigenvalue weighted by Gasteiger charge is -2.61. The number of hydrogen-bond acceptors (Lipinski definition) is 3. The molecule has 3 nitrogen and oxygen atoms in total. The molecule has 0 radical (unpaired) electrons. The molecule has 0 heterocycles. The second-order valence-electron chi connectivity index (χ2n) is 11.8. The molecule has 4 saturated carbocycles. The number of fused-ring (bicyclic) bond motifs is 5. The van der Waals surface area contributed by atoms with E-state index in [1.165, 1.54) is 88.8 Å². The van der Waals surface area contributed by atoms with Gasteiger partial charge in [-0.1, -0.05) is 54.9 Å². The number of amides is 1. The van der Waals surface area contributed by atoms with E-state index in [9.17, 15) is 0 Å². The number of nitrogens with two attached hydrogens (primary N) is 1. The van der Waals surface area contributed by atoms with Gasteiger partial charge in [0.15, 0.2) is 0 Å². The van der Waals surface area contributed by atoms with Crippen molar-refractivity contribution in [3.05, 3.63) is 0 Å². The smallest absolute Gasteiger partial charge is 0.204 e. The summed E-state index contributed by atoms with van der Waals surface area (Å²) in [4.78, 5) is 8.58. The summed E-state index contributed by atoms with van der Waals surface area (Å²) in [6, 6.07) is 0. The lowest BCUT2D eigenvalue weighted by atomic mass is 9.44. The number of primary amides is 1. The summed E-state index contributed by atoms with van der Waals surface area (Å²) in [7, 11) is 0. The highest BCUT2D eigenvalue weighted by molar-refractivity contribution is 8.03. The SMILES string of the molecule is C.C.CC1CCC2(C)C(CCC3C4CCC(CCCCCSC#N)C4(C)CCC32)C1.NC=O. The van der Waals surface area contributed by atoms with Crippen molar-refractivity contribution in [1.29, 1.82) is 5.26 Å². The van der Waals surface area contributed by atoms with Gasteiger partial charge >= 0.3 is 0 Å². The number of unbranched alkanes of at least 4 members (excludes halogenated alkanes) is 2. The first-order valence-electron chi connectivity index (χ1n) is 13.1. The van der Waals surface area contributed by atoms with Crippen molar-refractivity contribution in [1.82, 2.24) is 0 Å². The molecule has 0 spiro atoms. The number of thioether (sulfide) groups is 1. The topological polar surface area (TPSA) is 66.9 Å². The highest BCUT2D eigenvalue weighted by Gasteiger charge is 2.59. The molecule has 4 rings (SSSR count). The van der Waals surface area contributed by atoms with Gasteiger partial charge in [0.1, 0.15) is 5.40 Å². The second kappa shape index (κ2) is 13.4. The summed E-state index contributed by atoms with van der Waals surface area (Å²) in [6.45, 7) is 7.92. The summed E-state index contributed by atoms with van der Waals surface area (Å²) in [5.74, 6) is 7.14. The summed E-state index contributed by atoms with van der Waals surface area (Å²) in [5.41, 5.74) is 5.49. The molecule has 0 saturated heterocycles. The minimum absolute atomic E-state index is 0. The zero-order valence-corrected chi connectivity index (χ0v) is 21.1. The first-order chi connectivity index (χ1) is 14.9. The Kier molecular flexibility index (Phi) is 12.3. The van der Waals surface area contributed by atoms with Gasteiger partial charge in [-0.2, -0.15) is 5.26 Å². The molecule has 4 fully saturated rings. The van der Waals surface area contributed by atoms with Gasteiger partial charge in [-0.15, -0.1) is 0 Å². The van der Waals surface area contributed by atoms with E-state index in [-0.39, 0.29) is 21.3 Å². The normalized spacial score (nSPS) is 40.8. The fourth-order valence-corrected chi connectivity index (χ4v) is 9.28. The maximum Gasteiger partial charge on any atom is 0.204 e. The number of nitrogens with zero attached hydrogens (tertiary/aromatic N) is 1. The molecular formula is C29H54N2OS. The van der Waals surface area contributed by atoms with Crippen LogP contribution in [0.4, 0.5) is 0 Å². The van der Waals surface area contributed by atoms with Crippen LogP contribution in [0.2, 0.25) is 0 Å². The Hall–Kier alpha value is -0.690. The Balaban J connectivity index is 0.00000103. The van der Waals surface area contributed by atoms with E-state index in [1.807, 2.05) is 0 Å². The van der Waals surface area contributed by atoms with Crippen molar-refractivity contribution >= 4 is 18.2 Å². The van der Waals surface area contributed by atoms with Crippen molar-refractivity contribution in [2.75, 3.05) is 5.75 Å². The maximum absolute atomic E-state index is 8.67. The molecule has 4 heteroatoms. The van der Waals surface area contributed by atoms with Gasteiger partial charge in [0.25, 0.3) is 0 Å². The van der Waals surface area contributed by atoms with E-state index in [1.54, 1.807) is 6.42 Å². The second-order valence-corrected chi connectivity index (χ2v) is 12.7. The van der Waals surface area contributed by atoms with Crippen molar-refractivity contribution in [2.45, 2.75) is 119 Å². The Bertz CT molecular complexity index is 634. The van der Waals surface area contributed by atoms with Crippen LogP contribution in [0.1, 0.15) is 119 Å². The summed E-state index contributed by atoms with van der Waals surface area (Å²) >= 11 is 1.43. The van der Waals surface area contributed by atoms with Crippen molar-refractivity contribution in [3.63, 3.8) is 0 Å². The van der Waals surface area contributed by atoms with Crippen LogP contribution in [-0.4, -0.2) is 12.2 Å². The van der Waals surface area contributed by atoms with E-state index in [2.05, 4.69) is 31.9 Å². The molecule has 0 aromatic carbocycles. The Morgan fingerprint density at radius 3 is 2.33 bits per heavy atom. The largest absolute Gasteiger partial charge is 0.372 e. The Labute approximate surface area is 210 Å². The van der Waals surface area contributed by atoms with Crippen molar-refractivity contribution < 1.29 is 4.79 Å². The van der Waals surface area contributed by atoms with Crippen LogP contribution in [-0.2, 0) is 4.79 Å². The quantitative estimate of drug-likeness (QED) is 0.236. The van der Waals surface area contributed by atoms with Crippen LogP contribution in [0.5, 0.6) is 0 Å². The van der Waals surface area contributed by atoms with Crippen LogP contribution < -0.4 is 5.73 Å². The highest BCUT2D eigenvalue weighted by Crippen LogP contribution is 2.68. The van der Waals surface area contributed by atoms with Crippen LogP contribution in [0.25, 0.3) is 0 Å². The molecule has 4 aliphatic rings. The van der Waals surface area contributed by atoms with Gasteiger partial charge in [-0.3, -0.25) is 4.79 Å². The maximum atomic E-state index is 8.67. The molecule has 0 aromatic heterocycles. The standard InChI is InChI=1S/C26H43NS.CH3NO.2CH4/c1-19-12-14-26(3)21(17-19)8-10-22-23-11-9-20(7-5-4-6-16-28-18-27)25(23,2)15-13-24(22)26;2-1-3;;/h19-24H,4-17H2,1-3H3;1H,(H2,2,3);2*1H4. The van der Waals surface area contributed by atoms with Gasteiger partial charge in [0.05, 0.1) is 0 Å². The lowest BCUT2D eigenvalue weighted by Crippen LogP contribution is -2.53. The summed E-state index contributed by atoms with van der Waals surface area (Å²) in [5, 5.41) is 10.9. The summed E-state index contributed by atoms with van der Waals surface area (Å²) in [6.07, 6.45) is 19.4. The zero-order valence-electron chi connectivity index (χ0n) is 20.3. The highest BCUT2D eigenvalue weighted by atomic mass is 32.2. The first kappa shape index (κ1) is 30.3. The van der Waals surface area contributed by atoms with Gasteiger partial charge in [0.2, 0.25) is 6.41 Å². The third kappa shape index (κ3) is 6.31. The first-order valence-corrected chi connectivity index (χ1v) is 14.1. The lowest BCUT2D eigenvalue weighted by molar-refractivity contribution is -0.117. The molecule has 0 aromatic rings. The predicted octanol–water partition coefficient (Wildman–Crippen LogP) is 8.43. The average Bonchev–Trinajstić information content (AvgIpc) is 3.08. The number of carbonyl (C=O) groups is 1. The van der Waals surface area contributed by atoms with E-state index in [0.717, 1.165) is 41.3 Å². The molecule has 2 N–H and O–H groups in total. The number of carbonyl (C=O) groups excluding carboxylic acids is 1. The van der Waals surface area contributed by atoms with E-state index < -0.39 is 0 Å². The van der Waals surface area contributed by atoms with Crippen LogP contribution in [0.15, 0.2) is 0 Å². The minimum atomic E-state index is 0. The molecule has 192 valence electrons. The van der Waals surface area contributed by atoms with Gasteiger partial charge in [-0.25, -0.2) is 0 Å². The van der Waals surface area contributed by atoms with Gasteiger partial charge in [0, 0.05) is 5.75 Å². The fourth-order valence-electron chi connectivity index (χ4n) is 8.84. The van der Waals surface area contributed by atoms with Crippen LogP contribution in [0, 0.1) is 57.0 Å². The van der Waals surface area contributed by atoms with Gasteiger partial charge < -0.3 is 5.73 Å². The molecule has 0 aliphatic heterocycles. The fraction of sp³-hybridized carbons (Fsp3) is 0.931. The zero-order chi connectivity index (χ0) is 22.5. The number of nitriles is 1. The minimum Gasteiger partial charge on any atom is -0.372 e. The average molecular weight is 479 g/mol. The van der Waals surface area contributed by atoms with E-state index >= 15 is 0 Å². The van der Waals surface area contributed by atoms with Crippen molar-refractivity contribution in [3.8, 4) is 5.40 Å². The number of hydrogen-bond donors (Lipinski definition) is 1. The molecule has 4 aliphatic carbocycles. The third-order valence-electron chi connectivity index (χ3n) is 10.5. The van der Waals surface area contributed by atoms with E-state index in [4.69, 9.17) is 10.1 Å². The molecular weight excluding hydrogens is 424 g/mol. The molecule has 0 bridgehead atoms. The third-order valence-corrected chi connectivity index (χ3v) is 11.1. The molecule has 8 atom stereocenters. The predicted molar refractivity (Wildman–Crippen MR) is 145 cm³/mol. The van der Waals surface area contributed by atoms with Crippen LogP contribution >= 0.6 is 11.8 Å². The monoisotopic (exact) mass is 478 g/mol. The van der Waals surface area contributed by atoms with Crippen LogP contribution in [0.3, 0.4) is 0 Å². The van der Waals surface area contributed by atoms with E-state index in [0.29, 0.717) is 10.8 Å². The van der Waals surface area contributed by atoms with Crippen molar-refractivity contribution in [2.24, 2.45) is 52.1 Å². The molecule has 33 heavy (non-hydrogen) atoms. The van der Waals surface area contributed by atoms with Gasteiger partial charge in [-0.05, 0) is 122 Å². The Morgan fingerprint density at radius 2 is 1.64 bits per heavy atom. The Morgan fingerprint density at radius 1 is 0.970 bits per heavy atom.